The molecule has 1 aromatic carbocycles. The quantitative estimate of drug-likeness (QED) is 0.907. The molecule has 126 valence electrons. The molecule has 2 aromatic rings. The number of hydrogen-bond acceptors (Lipinski definition) is 3. The summed E-state index contributed by atoms with van der Waals surface area (Å²) in [5, 5.41) is 2.83. The number of nitrogens with zero attached hydrogens (tertiary/aromatic N) is 1. The molecule has 1 N–H and O–H groups in total. The Balaban J connectivity index is 1.78. The van der Waals surface area contributed by atoms with E-state index in [0.29, 0.717) is 24.4 Å². The van der Waals surface area contributed by atoms with E-state index in [-0.39, 0.29) is 17.6 Å². The molecule has 5 nitrogen and oxygen atoms in total. The largest absolute Gasteiger partial charge is 0.459 e. The molecule has 0 aliphatic carbocycles. The minimum Gasteiger partial charge on any atom is -0.459 e. The first-order valence-corrected chi connectivity index (χ1v) is 8.32. The lowest BCUT2D eigenvalue weighted by Crippen LogP contribution is -2.36. The van der Waals surface area contributed by atoms with Gasteiger partial charge in [-0.1, -0.05) is 13.8 Å². The lowest BCUT2D eigenvalue weighted by Gasteiger charge is -2.30. The number of carbonyl (C=O) groups excluding carboxylic acids is 2. The highest BCUT2D eigenvalue weighted by Crippen LogP contribution is 2.31. The predicted octanol–water partition coefficient (Wildman–Crippen LogP) is 3.86. The van der Waals surface area contributed by atoms with Crippen molar-refractivity contribution in [1.82, 2.24) is 0 Å². The molecule has 0 unspecified atom stereocenters. The second kappa shape index (κ2) is 6.91. The zero-order valence-electron chi connectivity index (χ0n) is 14.0. The van der Waals surface area contributed by atoms with Crippen LogP contribution < -0.4 is 10.2 Å². The molecule has 0 saturated heterocycles. The van der Waals surface area contributed by atoms with Gasteiger partial charge in [-0.25, -0.2) is 0 Å². The van der Waals surface area contributed by atoms with Crippen LogP contribution in [0.4, 0.5) is 11.4 Å². The third-order valence-corrected chi connectivity index (χ3v) is 4.21. The van der Waals surface area contributed by atoms with Gasteiger partial charge in [-0.3, -0.25) is 9.59 Å². The molecular weight excluding hydrogens is 304 g/mol. The zero-order chi connectivity index (χ0) is 17.1. The van der Waals surface area contributed by atoms with Gasteiger partial charge in [-0.15, -0.1) is 0 Å². The molecule has 0 atom stereocenters. The maximum absolute atomic E-state index is 12.2. The number of benzene rings is 1. The summed E-state index contributed by atoms with van der Waals surface area (Å²) in [7, 11) is 0. The Kier molecular flexibility index (Phi) is 4.69. The van der Waals surface area contributed by atoms with E-state index in [2.05, 4.69) is 19.2 Å². The van der Waals surface area contributed by atoms with Crippen molar-refractivity contribution in [3.8, 4) is 0 Å². The summed E-state index contributed by atoms with van der Waals surface area (Å²) in [6, 6.07) is 9.01. The van der Waals surface area contributed by atoms with Gasteiger partial charge in [-0.2, -0.15) is 0 Å². The number of anilines is 2. The highest BCUT2D eigenvalue weighted by Gasteiger charge is 2.24. The Labute approximate surface area is 141 Å². The van der Waals surface area contributed by atoms with Gasteiger partial charge < -0.3 is 14.6 Å². The molecule has 0 saturated carbocycles. The van der Waals surface area contributed by atoms with Gasteiger partial charge in [0.15, 0.2) is 5.76 Å². The standard InChI is InChI=1S/C19H22N2O3/c1-13(2)9-10-21-16-7-6-15(12-14(16)5-8-18(21)22)20-19(23)17-4-3-11-24-17/h3-4,6-7,11-13H,5,8-10H2,1-2H3,(H,20,23). The molecule has 1 aromatic heterocycles. The van der Waals surface area contributed by atoms with Crippen LogP contribution in [-0.4, -0.2) is 18.4 Å². The summed E-state index contributed by atoms with van der Waals surface area (Å²) in [5.74, 6) is 0.732. The smallest absolute Gasteiger partial charge is 0.291 e. The summed E-state index contributed by atoms with van der Waals surface area (Å²) in [5.41, 5.74) is 2.77. The summed E-state index contributed by atoms with van der Waals surface area (Å²) in [6.45, 7) is 5.05. The SMILES string of the molecule is CC(C)CCN1C(=O)CCc2cc(NC(=O)c3ccco3)ccc21. The molecular formula is C19H22N2O3. The van der Waals surface area contributed by atoms with Crippen molar-refractivity contribution in [2.45, 2.75) is 33.1 Å². The van der Waals surface area contributed by atoms with Gasteiger partial charge >= 0.3 is 0 Å². The molecule has 24 heavy (non-hydrogen) atoms. The van der Waals surface area contributed by atoms with E-state index in [1.807, 2.05) is 23.1 Å². The molecule has 5 heteroatoms. The third kappa shape index (κ3) is 3.50. The fourth-order valence-corrected chi connectivity index (χ4v) is 2.87. The number of carbonyl (C=O) groups is 2. The number of aryl methyl sites for hydroxylation is 1. The number of rotatable bonds is 5. The number of amides is 2. The van der Waals surface area contributed by atoms with E-state index in [9.17, 15) is 9.59 Å². The van der Waals surface area contributed by atoms with E-state index < -0.39 is 0 Å². The average Bonchev–Trinajstić information content (AvgIpc) is 3.08. The van der Waals surface area contributed by atoms with Crippen molar-refractivity contribution in [1.29, 1.82) is 0 Å². The van der Waals surface area contributed by atoms with Gasteiger partial charge in [-0.05, 0) is 54.7 Å². The van der Waals surface area contributed by atoms with E-state index in [1.165, 1.54) is 6.26 Å². The maximum Gasteiger partial charge on any atom is 0.291 e. The monoisotopic (exact) mass is 326 g/mol. The van der Waals surface area contributed by atoms with E-state index in [0.717, 1.165) is 24.2 Å². The molecule has 0 fully saturated rings. The third-order valence-electron chi connectivity index (χ3n) is 4.21. The number of furan rings is 1. The van der Waals surface area contributed by atoms with Crippen LogP contribution in [0.2, 0.25) is 0 Å². The highest BCUT2D eigenvalue weighted by molar-refractivity contribution is 6.03. The van der Waals surface area contributed by atoms with E-state index in [1.54, 1.807) is 12.1 Å². The summed E-state index contributed by atoms with van der Waals surface area (Å²) in [6.07, 6.45) is 3.67. The minimum atomic E-state index is -0.275. The maximum atomic E-state index is 12.2. The van der Waals surface area contributed by atoms with Crippen molar-refractivity contribution in [3.63, 3.8) is 0 Å². The van der Waals surface area contributed by atoms with Crippen LogP contribution in [0.15, 0.2) is 41.0 Å². The summed E-state index contributed by atoms with van der Waals surface area (Å²) >= 11 is 0. The fourth-order valence-electron chi connectivity index (χ4n) is 2.87. The van der Waals surface area contributed by atoms with Crippen molar-refractivity contribution in [2.75, 3.05) is 16.8 Å². The Morgan fingerprint density at radius 2 is 2.12 bits per heavy atom. The number of nitrogens with one attached hydrogen (secondary N) is 1. The zero-order valence-corrected chi connectivity index (χ0v) is 14.0. The molecule has 0 bridgehead atoms. The first-order valence-electron chi connectivity index (χ1n) is 8.32. The summed E-state index contributed by atoms with van der Waals surface area (Å²) < 4.78 is 5.10. The van der Waals surface area contributed by atoms with Crippen molar-refractivity contribution >= 4 is 23.2 Å². The van der Waals surface area contributed by atoms with Crippen molar-refractivity contribution in [3.05, 3.63) is 47.9 Å². The van der Waals surface area contributed by atoms with Gasteiger partial charge in [0.05, 0.1) is 6.26 Å². The van der Waals surface area contributed by atoms with Crippen LogP contribution in [0, 0.1) is 5.92 Å². The molecule has 1 aliphatic heterocycles. The fraction of sp³-hybridized carbons (Fsp3) is 0.368. The van der Waals surface area contributed by atoms with Crippen LogP contribution in [0.25, 0.3) is 0 Å². The Morgan fingerprint density at radius 3 is 2.83 bits per heavy atom. The first-order chi connectivity index (χ1) is 11.5. The lowest BCUT2D eigenvalue weighted by molar-refractivity contribution is -0.118. The average molecular weight is 326 g/mol. The molecule has 3 rings (SSSR count). The molecule has 1 aliphatic rings. The van der Waals surface area contributed by atoms with E-state index >= 15 is 0 Å². The van der Waals surface area contributed by atoms with Gasteiger partial charge in [0.25, 0.3) is 5.91 Å². The molecule has 0 radical (unpaired) electrons. The predicted molar refractivity (Wildman–Crippen MR) is 93.2 cm³/mol. The van der Waals surface area contributed by atoms with Gasteiger partial charge in [0.2, 0.25) is 5.91 Å². The van der Waals surface area contributed by atoms with Crippen LogP contribution in [-0.2, 0) is 11.2 Å². The van der Waals surface area contributed by atoms with E-state index in [4.69, 9.17) is 4.42 Å². The van der Waals surface area contributed by atoms with Crippen LogP contribution in [0.1, 0.15) is 42.8 Å². The van der Waals surface area contributed by atoms with Crippen LogP contribution >= 0.6 is 0 Å². The van der Waals surface area contributed by atoms with Gasteiger partial charge in [0.1, 0.15) is 0 Å². The molecule has 2 heterocycles. The first kappa shape index (κ1) is 16.3. The molecule has 2 amide bonds. The topological polar surface area (TPSA) is 62.6 Å². The highest BCUT2D eigenvalue weighted by atomic mass is 16.3. The van der Waals surface area contributed by atoms with Crippen molar-refractivity contribution < 1.29 is 14.0 Å². The van der Waals surface area contributed by atoms with Crippen LogP contribution in [0.3, 0.4) is 0 Å². The second-order valence-electron chi connectivity index (χ2n) is 6.50. The summed E-state index contributed by atoms with van der Waals surface area (Å²) in [4.78, 5) is 26.2. The Morgan fingerprint density at radius 1 is 1.29 bits per heavy atom. The van der Waals surface area contributed by atoms with Crippen molar-refractivity contribution in [2.24, 2.45) is 5.92 Å². The minimum absolute atomic E-state index is 0.176. The number of hydrogen-bond donors (Lipinski definition) is 1. The lowest BCUT2D eigenvalue weighted by atomic mass is 9.99. The van der Waals surface area contributed by atoms with Crippen LogP contribution in [0.5, 0.6) is 0 Å². The Hall–Kier alpha value is -2.56. The number of fused-ring (bicyclic) bond motifs is 1. The molecule has 0 spiro atoms. The second-order valence-corrected chi connectivity index (χ2v) is 6.50. The normalized spacial score (nSPS) is 14.0. The van der Waals surface area contributed by atoms with Gasteiger partial charge in [0, 0.05) is 24.3 Å². The Bertz CT molecular complexity index is 735.